The van der Waals surface area contributed by atoms with Crippen LogP contribution in [0.15, 0.2) is 192 Å². The van der Waals surface area contributed by atoms with Crippen molar-refractivity contribution in [2.75, 3.05) is 4.90 Å². The first kappa shape index (κ1) is 29.8. The Labute approximate surface area is 300 Å². The second-order valence-corrected chi connectivity index (χ2v) is 13.0. The number of rotatable bonds is 6. The van der Waals surface area contributed by atoms with Gasteiger partial charge in [0.15, 0.2) is 0 Å². The van der Waals surface area contributed by atoms with E-state index in [1.165, 1.54) is 0 Å². The maximum Gasteiger partial charge on any atom is 0.137 e. The molecule has 2 heterocycles. The van der Waals surface area contributed by atoms with E-state index >= 15 is 0 Å². The molecule has 0 atom stereocenters. The summed E-state index contributed by atoms with van der Waals surface area (Å²) in [5, 5.41) is 4.38. The van der Waals surface area contributed by atoms with Crippen molar-refractivity contribution in [1.82, 2.24) is 9.97 Å². The molecular formula is C48H31N3O. The lowest BCUT2D eigenvalue weighted by Gasteiger charge is -2.25. The molecule has 0 saturated carbocycles. The normalized spacial score (nSPS) is 11.5. The molecule has 8 aromatic carbocycles. The van der Waals surface area contributed by atoms with Crippen LogP contribution in [0, 0.1) is 0 Å². The number of hydrogen-bond acceptors (Lipinski definition) is 4. The summed E-state index contributed by atoms with van der Waals surface area (Å²) in [5.41, 5.74) is 12.9. The number of furan rings is 1. The molecule has 0 fully saturated rings. The van der Waals surface area contributed by atoms with Gasteiger partial charge < -0.3 is 9.32 Å². The first-order chi connectivity index (χ1) is 25.8. The lowest BCUT2D eigenvalue weighted by Crippen LogP contribution is -2.09. The highest BCUT2D eigenvalue weighted by atomic mass is 16.3. The summed E-state index contributed by atoms with van der Waals surface area (Å²) < 4.78 is 6.47. The molecule has 4 heteroatoms. The Morgan fingerprint density at radius 2 is 0.942 bits per heavy atom. The van der Waals surface area contributed by atoms with Crippen molar-refractivity contribution in [1.29, 1.82) is 0 Å². The summed E-state index contributed by atoms with van der Waals surface area (Å²) in [7, 11) is 0. The molecule has 52 heavy (non-hydrogen) atoms. The molecule has 244 valence electrons. The number of anilines is 3. The minimum Gasteiger partial charge on any atom is -0.456 e. The minimum absolute atomic E-state index is 0.856. The zero-order chi connectivity index (χ0) is 34.4. The van der Waals surface area contributed by atoms with Gasteiger partial charge in [0.2, 0.25) is 0 Å². The van der Waals surface area contributed by atoms with Crippen molar-refractivity contribution in [2.45, 2.75) is 0 Å². The maximum absolute atomic E-state index is 6.47. The molecule has 2 aromatic heterocycles. The van der Waals surface area contributed by atoms with Gasteiger partial charge in [-0.25, -0.2) is 9.97 Å². The smallest absolute Gasteiger partial charge is 0.137 e. The molecule has 0 spiro atoms. The van der Waals surface area contributed by atoms with Crippen LogP contribution in [-0.2, 0) is 0 Å². The first-order valence-electron chi connectivity index (χ1n) is 17.5. The Bertz CT molecular complexity index is 2850. The van der Waals surface area contributed by atoms with Gasteiger partial charge in [-0.15, -0.1) is 0 Å². The summed E-state index contributed by atoms with van der Waals surface area (Å²) in [4.78, 5) is 12.7. The summed E-state index contributed by atoms with van der Waals surface area (Å²) in [5.74, 6) is 0. The Morgan fingerprint density at radius 3 is 1.62 bits per heavy atom. The van der Waals surface area contributed by atoms with Crippen LogP contribution in [0.4, 0.5) is 17.1 Å². The molecule has 0 bridgehead atoms. The summed E-state index contributed by atoms with van der Waals surface area (Å²) in [6, 6.07) is 65.4. The Kier molecular flexibility index (Phi) is 7.10. The molecule has 0 radical (unpaired) electrons. The van der Waals surface area contributed by atoms with E-state index in [4.69, 9.17) is 14.4 Å². The van der Waals surface area contributed by atoms with Gasteiger partial charge in [0.1, 0.15) is 11.2 Å². The van der Waals surface area contributed by atoms with E-state index in [0.29, 0.717) is 0 Å². The largest absolute Gasteiger partial charge is 0.456 e. The standard InChI is InChI=1S/C48H31N3O/c1-5-13-32(14-6-1)46-47(33-15-7-2-8-16-33)50-48-40-25-21-34(29-36(40)22-27-43(48)49-46)35-23-28-44-42(30-35)41-26-24-39(31-45(41)52-44)51(37-17-9-3-10-18-37)38-19-11-4-12-20-38/h1-31H. The molecule has 0 amide bonds. The van der Waals surface area contributed by atoms with Crippen LogP contribution >= 0.6 is 0 Å². The maximum atomic E-state index is 6.47. The van der Waals surface area contributed by atoms with Gasteiger partial charge in [-0.3, -0.25) is 0 Å². The number of aromatic nitrogens is 2. The number of benzene rings is 8. The number of fused-ring (bicyclic) bond motifs is 6. The average Bonchev–Trinajstić information content (AvgIpc) is 3.59. The zero-order valence-corrected chi connectivity index (χ0v) is 28.1. The van der Waals surface area contributed by atoms with Crippen LogP contribution in [0.25, 0.3) is 77.4 Å². The molecule has 10 aromatic rings. The molecule has 10 rings (SSSR count). The Morgan fingerprint density at radius 1 is 0.365 bits per heavy atom. The second-order valence-electron chi connectivity index (χ2n) is 13.0. The highest BCUT2D eigenvalue weighted by Gasteiger charge is 2.17. The van der Waals surface area contributed by atoms with Crippen LogP contribution in [0.2, 0.25) is 0 Å². The monoisotopic (exact) mass is 665 g/mol. The van der Waals surface area contributed by atoms with E-state index in [1.54, 1.807) is 0 Å². The van der Waals surface area contributed by atoms with Crippen LogP contribution in [-0.4, -0.2) is 9.97 Å². The van der Waals surface area contributed by atoms with Crippen molar-refractivity contribution in [2.24, 2.45) is 0 Å². The molecule has 4 nitrogen and oxygen atoms in total. The van der Waals surface area contributed by atoms with Crippen molar-refractivity contribution < 1.29 is 4.42 Å². The summed E-state index contributed by atoms with van der Waals surface area (Å²) in [6.07, 6.45) is 0. The van der Waals surface area contributed by atoms with Crippen LogP contribution < -0.4 is 4.90 Å². The van der Waals surface area contributed by atoms with Crippen molar-refractivity contribution >= 4 is 60.8 Å². The zero-order valence-electron chi connectivity index (χ0n) is 28.1. The molecular weight excluding hydrogens is 635 g/mol. The minimum atomic E-state index is 0.856. The van der Waals surface area contributed by atoms with Gasteiger partial charge >= 0.3 is 0 Å². The summed E-state index contributed by atoms with van der Waals surface area (Å²) in [6.45, 7) is 0. The van der Waals surface area contributed by atoms with Crippen molar-refractivity contribution in [3.63, 3.8) is 0 Å². The van der Waals surface area contributed by atoms with Gasteiger partial charge in [-0.2, -0.15) is 0 Å². The Balaban J connectivity index is 1.06. The fourth-order valence-electron chi connectivity index (χ4n) is 7.31. The van der Waals surface area contributed by atoms with Gasteiger partial charge in [-0.05, 0) is 77.2 Å². The third-order valence-corrected chi connectivity index (χ3v) is 9.82. The third-order valence-electron chi connectivity index (χ3n) is 9.82. The van der Waals surface area contributed by atoms with Gasteiger partial charge in [-0.1, -0.05) is 121 Å². The fourth-order valence-corrected chi connectivity index (χ4v) is 7.31. The molecule has 0 N–H and O–H groups in total. The van der Waals surface area contributed by atoms with E-state index in [-0.39, 0.29) is 0 Å². The van der Waals surface area contributed by atoms with E-state index in [0.717, 1.165) is 94.4 Å². The van der Waals surface area contributed by atoms with E-state index in [9.17, 15) is 0 Å². The van der Waals surface area contributed by atoms with Crippen LogP contribution in [0.3, 0.4) is 0 Å². The second kappa shape index (κ2) is 12.4. The molecule has 0 aliphatic carbocycles. The predicted molar refractivity (Wildman–Crippen MR) is 215 cm³/mol. The predicted octanol–water partition coefficient (Wildman–Crippen LogP) is 13.2. The number of para-hydroxylation sites is 2. The molecule has 0 saturated heterocycles. The lowest BCUT2D eigenvalue weighted by atomic mass is 9.98. The number of nitrogens with zero attached hydrogens (tertiary/aromatic N) is 3. The van der Waals surface area contributed by atoms with Crippen LogP contribution in [0.5, 0.6) is 0 Å². The lowest BCUT2D eigenvalue weighted by molar-refractivity contribution is 0.669. The van der Waals surface area contributed by atoms with E-state index in [2.05, 4.69) is 157 Å². The van der Waals surface area contributed by atoms with Crippen molar-refractivity contribution in [3.05, 3.63) is 188 Å². The summed E-state index contributed by atoms with van der Waals surface area (Å²) >= 11 is 0. The van der Waals surface area contributed by atoms with Crippen LogP contribution in [0.1, 0.15) is 0 Å². The highest BCUT2D eigenvalue weighted by Crippen LogP contribution is 2.40. The average molecular weight is 666 g/mol. The van der Waals surface area contributed by atoms with E-state index < -0.39 is 0 Å². The molecule has 0 unspecified atom stereocenters. The topological polar surface area (TPSA) is 42.2 Å². The van der Waals surface area contributed by atoms with Gasteiger partial charge in [0.25, 0.3) is 0 Å². The number of hydrogen-bond donors (Lipinski definition) is 0. The van der Waals surface area contributed by atoms with Crippen molar-refractivity contribution in [3.8, 4) is 33.6 Å². The molecule has 0 aliphatic heterocycles. The highest BCUT2D eigenvalue weighted by molar-refractivity contribution is 6.09. The SMILES string of the molecule is c1ccc(-c2nc3ccc4cc(-c5ccc6oc7cc(N(c8ccccc8)c8ccccc8)ccc7c6c5)ccc4c3nc2-c2ccccc2)cc1. The fraction of sp³-hybridized carbons (Fsp3) is 0. The molecule has 0 aliphatic rings. The third kappa shape index (κ3) is 5.17. The Hall–Kier alpha value is -7.04. The quantitative estimate of drug-likeness (QED) is 0.166. The first-order valence-corrected chi connectivity index (χ1v) is 17.5. The van der Waals surface area contributed by atoms with Gasteiger partial charge in [0, 0.05) is 50.4 Å². The van der Waals surface area contributed by atoms with E-state index in [1.807, 2.05) is 36.4 Å². The van der Waals surface area contributed by atoms with Gasteiger partial charge in [0.05, 0.1) is 22.4 Å².